The maximum atomic E-state index is 13.4. The normalized spacial score (nSPS) is 13.7. The summed E-state index contributed by atoms with van der Waals surface area (Å²) >= 11 is 13.4. The molecule has 0 unspecified atom stereocenters. The van der Waals surface area contributed by atoms with Crippen LogP contribution < -0.4 is 0 Å². The monoisotopic (exact) mass is 300 g/mol. The first-order valence-corrected chi connectivity index (χ1v) is 7.03. The van der Waals surface area contributed by atoms with Gasteiger partial charge in [0.1, 0.15) is 5.82 Å². The summed E-state index contributed by atoms with van der Waals surface area (Å²) in [6, 6.07) is 4.35. The van der Waals surface area contributed by atoms with Gasteiger partial charge in [0.05, 0.1) is 16.3 Å². The van der Waals surface area contributed by atoms with Crippen molar-refractivity contribution in [2.45, 2.75) is 11.3 Å². The van der Waals surface area contributed by atoms with Gasteiger partial charge in [-0.1, -0.05) is 11.6 Å². The highest BCUT2D eigenvalue weighted by atomic mass is 35.5. The van der Waals surface area contributed by atoms with Crippen LogP contribution in [0, 0.1) is 5.82 Å². The Morgan fingerprint density at radius 2 is 2.00 bits per heavy atom. The number of aryl methyl sites for hydroxylation is 1. The molecule has 0 bridgehead atoms. The molecular formula is C12H7Cl2FN2S. The molecule has 2 nitrogen and oxygen atoms in total. The fraction of sp³-hybridized carbons (Fsp3) is 0.167. The second-order valence-electron chi connectivity index (χ2n) is 3.87. The second kappa shape index (κ2) is 4.68. The lowest BCUT2D eigenvalue weighted by Crippen LogP contribution is -1.95. The molecule has 0 aliphatic carbocycles. The van der Waals surface area contributed by atoms with Crippen LogP contribution in [0.1, 0.15) is 5.69 Å². The van der Waals surface area contributed by atoms with Gasteiger partial charge in [-0.15, -0.1) is 11.8 Å². The minimum Gasteiger partial charge on any atom is -0.222 e. The lowest BCUT2D eigenvalue weighted by atomic mass is 10.1. The van der Waals surface area contributed by atoms with Gasteiger partial charge in [-0.05, 0) is 29.8 Å². The van der Waals surface area contributed by atoms with E-state index in [4.69, 9.17) is 23.2 Å². The highest BCUT2D eigenvalue weighted by Crippen LogP contribution is 2.38. The van der Waals surface area contributed by atoms with Gasteiger partial charge in [-0.3, -0.25) is 0 Å². The Hall–Kier alpha value is -0.840. The Bertz CT molecular complexity index is 613. The molecule has 0 saturated heterocycles. The molecule has 92 valence electrons. The van der Waals surface area contributed by atoms with E-state index in [0.717, 1.165) is 22.8 Å². The number of rotatable bonds is 1. The maximum absolute atomic E-state index is 13.4. The van der Waals surface area contributed by atoms with E-state index in [9.17, 15) is 4.39 Å². The molecule has 0 spiro atoms. The van der Waals surface area contributed by atoms with E-state index >= 15 is 0 Å². The lowest BCUT2D eigenvalue weighted by Gasteiger charge is -2.07. The van der Waals surface area contributed by atoms with Crippen LogP contribution in [0.3, 0.4) is 0 Å². The van der Waals surface area contributed by atoms with Crippen LogP contribution in [0.2, 0.25) is 10.3 Å². The van der Waals surface area contributed by atoms with E-state index in [-0.39, 0.29) is 11.1 Å². The molecule has 6 heteroatoms. The van der Waals surface area contributed by atoms with Gasteiger partial charge in [0.2, 0.25) is 5.28 Å². The summed E-state index contributed by atoms with van der Waals surface area (Å²) in [7, 11) is 0. The second-order valence-corrected chi connectivity index (χ2v) is 5.75. The van der Waals surface area contributed by atoms with Crippen LogP contribution in [0.4, 0.5) is 4.39 Å². The van der Waals surface area contributed by atoms with Gasteiger partial charge in [-0.2, -0.15) is 0 Å². The summed E-state index contributed by atoms with van der Waals surface area (Å²) in [4.78, 5) is 9.37. The van der Waals surface area contributed by atoms with E-state index in [2.05, 4.69) is 9.97 Å². The Labute approximate surface area is 118 Å². The quantitative estimate of drug-likeness (QED) is 0.737. The minimum absolute atomic E-state index is 0.187. The number of nitrogens with zero attached hydrogens (tertiary/aromatic N) is 2. The van der Waals surface area contributed by atoms with Crippen molar-refractivity contribution in [3.05, 3.63) is 40.0 Å². The smallest absolute Gasteiger partial charge is 0.222 e. The van der Waals surface area contributed by atoms with Crippen molar-refractivity contribution < 1.29 is 4.39 Å². The van der Waals surface area contributed by atoms with E-state index in [1.807, 2.05) is 0 Å². The van der Waals surface area contributed by atoms with E-state index in [1.165, 1.54) is 12.1 Å². The van der Waals surface area contributed by atoms with Crippen molar-refractivity contribution in [1.29, 1.82) is 0 Å². The highest BCUT2D eigenvalue weighted by molar-refractivity contribution is 7.99. The van der Waals surface area contributed by atoms with Gasteiger partial charge >= 0.3 is 0 Å². The van der Waals surface area contributed by atoms with Gasteiger partial charge in [0.15, 0.2) is 0 Å². The van der Waals surface area contributed by atoms with Crippen LogP contribution in [-0.4, -0.2) is 15.7 Å². The van der Waals surface area contributed by atoms with Gasteiger partial charge in [0.25, 0.3) is 0 Å². The molecule has 0 atom stereocenters. The Balaban J connectivity index is 2.22. The number of hydrogen-bond acceptors (Lipinski definition) is 3. The largest absolute Gasteiger partial charge is 0.223 e. The molecule has 18 heavy (non-hydrogen) atoms. The fourth-order valence-corrected chi connectivity index (χ4v) is 3.45. The molecule has 2 heterocycles. The predicted octanol–water partition coefficient (Wildman–Crippen LogP) is 4.24. The first-order valence-electron chi connectivity index (χ1n) is 5.29. The zero-order valence-corrected chi connectivity index (χ0v) is 11.4. The molecule has 1 aromatic carbocycles. The summed E-state index contributed by atoms with van der Waals surface area (Å²) in [6.45, 7) is 0. The third-order valence-electron chi connectivity index (χ3n) is 2.63. The molecule has 0 amide bonds. The van der Waals surface area contributed by atoms with Crippen molar-refractivity contribution >= 4 is 35.0 Å². The minimum atomic E-state index is -0.385. The standard InChI is InChI=1S/C12H7Cl2FN2S/c13-7-3-6(4-8(15)5-7)10-11-9(1-2-18-11)16-12(14)17-10/h3-5H,1-2H2. The average Bonchev–Trinajstić information content (AvgIpc) is 2.74. The topological polar surface area (TPSA) is 25.8 Å². The summed E-state index contributed by atoms with van der Waals surface area (Å²) in [5, 5.41) is 0.531. The van der Waals surface area contributed by atoms with Crippen molar-refractivity contribution in [3.63, 3.8) is 0 Å². The van der Waals surface area contributed by atoms with Crippen molar-refractivity contribution in [2.24, 2.45) is 0 Å². The first kappa shape index (κ1) is 12.2. The number of halogens is 3. The molecule has 0 saturated carbocycles. The zero-order valence-electron chi connectivity index (χ0n) is 9.08. The molecule has 0 N–H and O–H groups in total. The maximum Gasteiger partial charge on any atom is 0.223 e. The van der Waals surface area contributed by atoms with E-state index in [1.54, 1.807) is 17.8 Å². The van der Waals surface area contributed by atoms with Crippen molar-refractivity contribution in [2.75, 3.05) is 5.75 Å². The first-order chi connectivity index (χ1) is 8.63. The molecule has 0 fully saturated rings. The summed E-state index contributed by atoms with van der Waals surface area (Å²) in [6.07, 6.45) is 0.859. The van der Waals surface area contributed by atoms with Gasteiger partial charge in [-0.25, -0.2) is 14.4 Å². The molecule has 2 aromatic rings. The Morgan fingerprint density at radius 3 is 2.78 bits per heavy atom. The summed E-state index contributed by atoms with van der Waals surface area (Å²) in [5.74, 6) is 0.560. The summed E-state index contributed by atoms with van der Waals surface area (Å²) in [5.41, 5.74) is 2.22. The van der Waals surface area contributed by atoms with E-state index < -0.39 is 0 Å². The molecule has 1 aliphatic rings. The predicted molar refractivity (Wildman–Crippen MR) is 71.9 cm³/mol. The molecule has 1 aromatic heterocycles. The Morgan fingerprint density at radius 1 is 1.17 bits per heavy atom. The van der Waals surface area contributed by atoms with E-state index in [0.29, 0.717) is 16.3 Å². The highest BCUT2D eigenvalue weighted by Gasteiger charge is 2.21. The van der Waals surface area contributed by atoms with Crippen LogP contribution >= 0.6 is 35.0 Å². The number of benzene rings is 1. The number of fused-ring (bicyclic) bond motifs is 1. The molecule has 0 radical (unpaired) electrons. The number of hydrogen-bond donors (Lipinski definition) is 0. The lowest BCUT2D eigenvalue weighted by molar-refractivity contribution is 0.628. The van der Waals surface area contributed by atoms with Gasteiger partial charge < -0.3 is 0 Å². The average molecular weight is 301 g/mol. The van der Waals surface area contributed by atoms with Crippen molar-refractivity contribution in [1.82, 2.24) is 9.97 Å². The Kier molecular flexibility index (Phi) is 3.18. The van der Waals surface area contributed by atoms with Crippen LogP contribution in [-0.2, 0) is 6.42 Å². The number of aromatic nitrogens is 2. The number of thioether (sulfide) groups is 1. The fourth-order valence-electron chi connectivity index (χ4n) is 1.92. The SMILES string of the molecule is Fc1cc(Cl)cc(-c2nc(Cl)nc3c2SCC3)c1. The van der Waals surface area contributed by atoms with Crippen LogP contribution in [0.15, 0.2) is 23.1 Å². The molecule has 3 rings (SSSR count). The summed E-state index contributed by atoms with van der Waals surface area (Å²) < 4.78 is 13.4. The van der Waals surface area contributed by atoms with Gasteiger partial charge in [0, 0.05) is 22.8 Å². The molecular weight excluding hydrogens is 294 g/mol. The zero-order chi connectivity index (χ0) is 12.7. The van der Waals surface area contributed by atoms with Crippen LogP contribution in [0.5, 0.6) is 0 Å². The molecule has 1 aliphatic heterocycles. The van der Waals surface area contributed by atoms with Crippen molar-refractivity contribution in [3.8, 4) is 11.3 Å². The van der Waals surface area contributed by atoms with Crippen LogP contribution in [0.25, 0.3) is 11.3 Å². The third kappa shape index (κ3) is 2.20. The third-order valence-corrected chi connectivity index (χ3v) is 4.14.